The molecule has 4 aromatic heterocycles. The molecule has 7 heteroatoms. The normalized spacial score (nSPS) is 11.9. The number of hydrogen-bond acceptors (Lipinski definition) is 4. The number of benzene rings is 6. The van der Waals surface area contributed by atoms with Gasteiger partial charge < -0.3 is 18.4 Å². The van der Waals surface area contributed by atoms with Crippen LogP contribution in [0.4, 0.5) is 0 Å². The first-order valence-electron chi connectivity index (χ1n) is 19.8. The average molecular weight is 952 g/mol. The summed E-state index contributed by atoms with van der Waals surface area (Å²) in [7, 11) is -1.23. The molecule has 0 aliphatic rings. The molecule has 0 aliphatic heterocycles. The van der Waals surface area contributed by atoms with Crippen LogP contribution in [0.15, 0.2) is 142 Å². The molecule has 0 spiro atoms. The van der Waals surface area contributed by atoms with Crippen LogP contribution in [0.25, 0.3) is 83.2 Å². The van der Waals surface area contributed by atoms with Gasteiger partial charge in [0.2, 0.25) is 0 Å². The van der Waals surface area contributed by atoms with Gasteiger partial charge in [0.15, 0.2) is 0 Å². The average Bonchev–Trinajstić information content (AvgIpc) is 3.92. The van der Waals surface area contributed by atoms with Gasteiger partial charge in [0.05, 0.1) is 30.5 Å². The van der Waals surface area contributed by atoms with Gasteiger partial charge in [0, 0.05) is 48.1 Å². The molecule has 10 rings (SSSR count). The Morgan fingerprint density at radius 3 is 2.00 bits per heavy atom. The third-order valence-electron chi connectivity index (χ3n) is 10.9. The van der Waals surface area contributed by atoms with Crippen LogP contribution in [-0.4, -0.2) is 22.6 Å². The molecule has 58 heavy (non-hydrogen) atoms. The molecule has 0 unspecified atom stereocenters. The summed E-state index contributed by atoms with van der Waals surface area (Å²) >= 11 is 0. The van der Waals surface area contributed by atoms with Crippen molar-refractivity contribution in [2.75, 3.05) is 0 Å². The number of imidazole rings is 1. The Bertz CT molecular complexity index is 3030. The second-order valence-corrected chi connectivity index (χ2v) is 21.5. The van der Waals surface area contributed by atoms with Crippen LogP contribution < -0.4 is 5.19 Å². The Hall–Kier alpha value is -5.59. The van der Waals surface area contributed by atoms with Crippen LogP contribution in [0.3, 0.4) is 0 Å². The van der Waals surface area contributed by atoms with E-state index < -0.39 is 8.07 Å². The van der Waals surface area contributed by atoms with Gasteiger partial charge in [-0.15, -0.1) is 54.1 Å². The van der Waals surface area contributed by atoms with Crippen LogP contribution in [0, 0.1) is 12.1 Å². The molecule has 0 aliphatic carbocycles. The Balaban J connectivity index is 0.000000233. The quantitative estimate of drug-likeness (QED) is 0.123. The number of nitrogens with zero attached hydrogens (tertiary/aromatic N) is 3. The van der Waals surface area contributed by atoms with Crippen molar-refractivity contribution >= 4 is 68.2 Å². The van der Waals surface area contributed by atoms with Crippen molar-refractivity contribution in [3.05, 3.63) is 157 Å². The molecular weight excluding hydrogens is 907 g/mol. The third kappa shape index (κ3) is 6.91. The number of pyridine rings is 1. The number of furan rings is 2. The molecule has 291 valence electrons. The van der Waals surface area contributed by atoms with Gasteiger partial charge in [-0.3, -0.25) is 4.98 Å². The van der Waals surface area contributed by atoms with Gasteiger partial charge in [0.1, 0.15) is 16.7 Å². The van der Waals surface area contributed by atoms with Crippen LogP contribution in [0.2, 0.25) is 19.6 Å². The summed E-state index contributed by atoms with van der Waals surface area (Å²) in [6.07, 6.45) is 2.02. The van der Waals surface area contributed by atoms with Crippen molar-refractivity contribution in [3.8, 4) is 28.3 Å². The SMILES string of the molecule is CC(C)c1cccc(C(C)C)c1-n1c(-c2[c-]ccc3c2oc2ccc4oc5ccccc5c4c23)nc2ccccc21.C[Si](C)(C)c1ccc(-c2[c-]cccc2)nc1.[Ir]. The predicted octanol–water partition coefficient (Wildman–Crippen LogP) is 13.6. The summed E-state index contributed by atoms with van der Waals surface area (Å²) in [4.78, 5) is 9.75. The van der Waals surface area contributed by atoms with Crippen LogP contribution in [0.5, 0.6) is 0 Å². The van der Waals surface area contributed by atoms with Crippen molar-refractivity contribution in [1.29, 1.82) is 0 Å². The zero-order valence-electron chi connectivity index (χ0n) is 33.8. The second kappa shape index (κ2) is 15.6. The molecule has 0 saturated heterocycles. The smallest absolute Gasteiger partial charge is 0.136 e. The Morgan fingerprint density at radius 1 is 0.621 bits per heavy atom. The van der Waals surface area contributed by atoms with Crippen molar-refractivity contribution in [2.45, 2.75) is 59.2 Å². The number of fused-ring (bicyclic) bond motifs is 8. The van der Waals surface area contributed by atoms with E-state index in [9.17, 15) is 0 Å². The zero-order chi connectivity index (χ0) is 39.4. The Labute approximate surface area is 354 Å². The Morgan fingerprint density at radius 2 is 1.31 bits per heavy atom. The molecule has 0 N–H and O–H groups in total. The van der Waals surface area contributed by atoms with Crippen molar-refractivity contribution < 1.29 is 28.9 Å². The van der Waals surface area contributed by atoms with Gasteiger partial charge >= 0.3 is 0 Å². The van der Waals surface area contributed by atoms with Gasteiger partial charge in [-0.05, 0) is 64.2 Å². The third-order valence-corrected chi connectivity index (χ3v) is 12.9. The van der Waals surface area contributed by atoms with Crippen LogP contribution in [-0.2, 0) is 20.1 Å². The first-order valence-corrected chi connectivity index (χ1v) is 23.3. The van der Waals surface area contributed by atoms with E-state index in [0.29, 0.717) is 11.8 Å². The summed E-state index contributed by atoms with van der Waals surface area (Å²) in [6, 6.07) is 50.3. The number of rotatable bonds is 6. The summed E-state index contributed by atoms with van der Waals surface area (Å²) in [5.74, 6) is 1.51. The molecule has 5 nitrogen and oxygen atoms in total. The zero-order valence-corrected chi connectivity index (χ0v) is 37.2. The summed E-state index contributed by atoms with van der Waals surface area (Å²) in [5, 5.41) is 5.66. The minimum absolute atomic E-state index is 0. The molecule has 0 bridgehead atoms. The van der Waals surface area contributed by atoms with Gasteiger partial charge in [-0.25, -0.2) is 0 Å². The fourth-order valence-corrected chi connectivity index (χ4v) is 8.99. The van der Waals surface area contributed by atoms with E-state index in [1.807, 2.05) is 66.9 Å². The first-order chi connectivity index (χ1) is 27.6. The minimum Gasteiger partial charge on any atom is -0.501 e. The van der Waals surface area contributed by atoms with E-state index in [0.717, 1.165) is 77.6 Å². The summed E-state index contributed by atoms with van der Waals surface area (Å²) in [6.45, 7) is 16.0. The van der Waals surface area contributed by atoms with Crippen molar-refractivity contribution in [2.24, 2.45) is 0 Å². The number of aromatic nitrogens is 3. The van der Waals surface area contributed by atoms with E-state index >= 15 is 0 Å². The van der Waals surface area contributed by atoms with Crippen molar-refractivity contribution in [3.63, 3.8) is 0 Å². The minimum atomic E-state index is -1.23. The van der Waals surface area contributed by atoms with Gasteiger partial charge in [-0.1, -0.05) is 119 Å². The molecule has 0 fully saturated rings. The number of hydrogen-bond donors (Lipinski definition) is 0. The molecule has 4 heterocycles. The Kier molecular flexibility index (Phi) is 10.6. The molecule has 1 radical (unpaired) electrons. The van der Waals surface area contributed by atoms with E-state index in [-0.39, 0.29) is 20.1 Å². The van der Waals surface area contributed by atoms with Crippen LogP contribution in [0.1, 0.15) is 50.7 Å². The predicted molar refractivity (Wildman–Crippen MR) is 240 cm³/mol. The topological polar surface area (TPSA) is 57.0 Å². The fourth-order valence-electron chi connectivity index (χ4n) is 7.95. The van der Waals surface area contributed by atoms with E-state index in [4.69, 9.17) is 13.8 Å². The van der Waals surface area contributed by atoms with Gasteiger partial charge in [-0.2, -0.15) is 0 Å². The molecule has 0 saturated carbocycles. The maximum atomic E-state index is 6.68. The maximum absolute atomic E-state index is 6.68. The fraction of sp³-hybridized carbons (Fsp3) is 0.176. The largest absolute Gasteiger partial charge is 0.501 e. The van der Waals surface area contributed by atoms with E-state index in [1.165, 1.54) is 22.0 Å². The molecule has 10 aromatic rings. The standard InChI is InChI=1S/C37H29N2O2.C14H16NSi.Ir/c1-21(2)23-12-9-13-24(22(3)4)35(23)39-29-17-7-6-16-28(29)38-37(39)27-15-10-14-26-34-32(41-36(26)27)20-19-31-33(34)25-11-5-8-18-30(25)40-31;1-16(2,3)13-9-10-14(15-11-13)12-7-5-4-6-8-12;/h5-14,16-22H,1-4H3;4-7,9-11H,1-3H3;/q2*-1;. The summed E-state index contributed by atoms with van der Waals surface area (Å²) in [5.41, 5.74) is 12.1. The van der Waals surface area contributed by atoms with E-state index in [2.05, 4.69) is 136 Å². The second-order valence-electron chi connectivity index (χ2n) is 16.4. The molecule has 6 aromatic carbocycles. The van der Waals surface area contributed by atoms with Gasteiger partial charge in [0.25, 0.3) is 0 Å². The van der Waals surface area contributed by atoms with E-state index in [1.54, 1.807) is 0 Å². The molecule has 0 atom stereocenters. The first kappa shape index (κ1) is 39.2. The van der Waals surface area contributed by atoms with Crippen LogP contribution >= 0.6 is 0 Å². The molecule has 0 amide bonds. The summed E-state index contributed by atoms with van der Waals surface area (Å²) < 4.78 is 15.2. The van der Waals surface area contributed by atoms with Crippen molar-refractivity contribution in [1.82, 2.24) is 14.5 Å². The monoisotopic (exact) mass is 952 g/mol. The number of para-hydroxylation sites is 4. The maximum Gasteiger partial charge on any atom is 0.136 e. The molecular formula is C51H45IrN3O2Si-2.